The molecule has 2 aromatic carbocycles. The second kappa shape index (κ2) is 9.82. The zero-order chi connectivity index (χ0) is 24.2. The summed E-state index contributed by atoms with van der Waals surface area (Å²) in [6.07, 6.45) is 0.507. The van der Waals surface area contributed by atoms with E-state index >= 15 is 0 Å². The Morgan fingerprint density at radius 1 is 1.03 bits per heavy atom. The summed E-state index contributed by atoms with van der Waals surface area (Å²) in [6, 6.07) is 17.0. The van der Waals surface area contributed by atoms with Crippen molar-refractivity contribution in [3.63, 3.8) is 0 Å². The molecule has 0 unspecified atom stereocenters. The molecule has 4 aromatic rings. The minimum Gasteiger partial charge on any atom is -0.496 e. The van der Waals surface area contributed by atoms with Crippen molar-refractivity contribution < 1.29 is 14.3 Å². The number of aryl methyl sites for hydroxylation is 1. The number of hydrogen-bond donors (Lipinski definition) is 1. The molecular weight excluding hydrogens is 432 g/mol. The van der Waals surface area contributed by atoms with Crippen LogP contribution in [0.2, 0.25) is 0 Å². The number of aromatic nitrogens is 3. The Hall–Kier alpha value is -4.07. The fraction of sp³-hybridized carbons (Fsp3) is 0.269. The van der Waals surface area contributed by atoms with Gasteiger partial charge in [0, 0.05) is 48.5 Å². The summed E-state index contributed by atoms with van der Waals surface area (Å²) < 4.78 is 14.1. The molecule has 0 aliphatic carbocycles. The van der Waals surface area contributed by atoms with E-state index in [4.69, 9.17) is 9.47 Å². The Morgan fingerprint density at radius 3 is 2.44 bits per heavy atom. The van der Waals surface area contributed by atoms with E-state index in [1.54, 1.807) is 14.2 Å². The van der Waals surface area contributed by atoms with Gasteiger partial charge in [0.25, 0.3) is 5.56 Å². The highest BCUT2D eigenvalue weighted by atomic mass is 16.5. The zero-order valence-corrected chi connectivity index (χ0v) is 19.8. The van der Waals surface area contributed by atoms with Gasteiger partial charge in [-0.1, -0.05) is 30.3 Å². The van der Waals surface area contributed by atoms with Gasteiger partial charge < -0.3 is 19.4 Å². The predicted molar refractivity (Wildman–Crippen MR) is 130 cm³/mol. The van der Waals surface area contributed by atoms with Crippen LogP contribution in [0.25, 0.3) is 16.9 Å². The van der Waals surface area contributed by atoms with Crippen molar-refractivity contribution in [2.75, 3.05) is 14.2 Å². The van der Waals surface area contributed by atoms with E-state index in [2.05, 4.69) is 10.4 Å². The summed E-state index contributed by atoms with van der Waals surface area (Å²) in [5.74, 6) is 1.27. The van der Waals surface area contributed by atoms with Gasteiger partial charge in [-0.15, -0.1) is 0 Å². The van der Waals surface area contributed by atoms with Crippen molar-refractivity contribution in [2.45, 2.75) is 26.3 Å². The fourth-order valence-electron chi connectivity index (χ4n) is 4.06. The molecule has 0 saturated carbocycles. The molecule has 0 bridgehead atoms. The number of rotatable bonds is 8. The molecular formula is C26H28N4O4. The van der Waals surface area contributed by atoms with Crippen LogP contribution in [0.3, 0.4) is 0 Å². The number of hydrogen-bond acceptors (Lipinski definition) is 5. The van der Waals surface area contributed by atoms with Crippen LogP contribution in [0, 0.1) is 6.92 Å². The molecule has 8 heteroatoms. The lowest BCUT2D eigenvalue weighted by Crippen LogP contribution is -2.28. The molecule has 34 heavy (non-hydrogen) atoms. The van der Waals surface area contributed by atoms with E-state index in [1.165, 1.54) is 4.52 Å². The number of nitrogens with zero attached hydrogens (tertiary/aromatic N) is 3. The first-order chi connectivity index (χ1) is 16.4. The van der Waals surface area contributed by atoms with Crippen LogP contribution in [0.1, 0.15) is 23.2 Å². The van der Waals surface area contributed by atoms with Crippen molar-refractivity contribution >= 4 is 11.6 Å². The van der Waals surface area contributed by atoms with Gasteiger partial charge in [0.2, 0.25) is 5.91 Å². The maximum Gasteiger partial charge on any atom is 0.277 e. The van der Waals surface area contributed by atoms with Gasteiger partial charge in [0.05, 0.1) is 19.9 Å². The normalized spacial score (nSPS) is 10.9. The number of para-hydroxylation sites is 2. The number of methoxy groups -OCH3 is 2. The van der Waals surface area contributed by atoms with Crippen LogP contribution in [-0.4, -0.2) is 34.3 Å². The number of carbonyl (C=O) groups is 1. The molecule has 0 aliphatic heterocycles. The molecule has 0 saturated heterocycles. The van der Waals surface area contributed by atoms with E-state index in [9.17, 15) is 9.59 Å². The SMILES string of the molecule is COc1ccccc1CNC(=O)CCc1c(C)n(C)c2cc(-c3ccccc3OC)nn2c1=O. The molecule has 0 radical (unpaired) electrons. The van der Waals surface area contributed by atoms with E-state index in [0.717, 1.165) is 22.6 Å². The highest BCUT2D eigenvalue weighted by Gasteiger charge is 2.18. The van der Waals surface area contributed by atoms with Gasteiger partial charge in [-0.3, -0.25) is 9.59 Å². The molecule has 0 spiro atoms. The van der Waals surface area contributed by atoms with Crippen molar-refractivity contribution in [3.05, 3.63) is 81.8 Å². The lowest BCUT2D eigenvalue weighted by Gasteiger charge is -2.12. The quantitative estimate of drug-likeness (QED) is 0.436. The molecule has 2 heterocycles. The van der Waals surface area contributed by atoms with E-state index in [-0.39, 0.29) is 17.9 Å². The summed E-state index contributed by atoms with van der Waals surface area (Å²) in [5, 5.41) is 7.47. The Bertz CT molecular complexity index is 1400. The van der Waals surface area contributed by atoms with Crippen molar-refractivity contribution in [1.29, 1.82) is 0 Å². The van der Waals surface area contributed by atoms with Crippen LogP contribution < -0.4 is 20.3 Å². The van der Waals surface area contributed by atoms with E-state index in [1.807, 2.05) is 73.1 Å². The first-order valence-corrected chi connectivity index (χ1v) is 11.0. The van der Waals surface area contributed by atoms with Crippen molar-refractivity contribution in [1.82, 2.24) is 19.5 Å². The lowest BCUT2D eigenvalue weighted by molar-refractivity contribution is -0.121. The number of carbonyl (C=O) groups excluding carboxylic acids is 1. The fourth-order valence-corrected chi connectivity index (χ4v) is 4.06. The topological polar surface area (TPSA) is 86.9 Å². The van der Waals surface area contributed by atoms with E-state index < -0.39 is 0 Å². The first kappa shape index (κ1) is 23.1. The molecule has 8 nitrogen and oxygen atoms in total. The number of ether oxygens (including phenoxy) is 2. The Morgan fingerprint density at radius 2 is 1.71 bits per heavy atom. The maximum atomic E-state index is 13.3. The van der Waals surface area contributed by atoms with Crippen LogP contribution >= 0.6 is 0 Å². The van der Waals surface area contributed by atoms with Crippen LogP contribution in [-0.2, 0) is 24.8 Å². The maximum absolute atomic E-state index is 13.3. The van der Waals surface area contributed by atoms with Crippen LogP contribution in [0.5, 0.6) is 11.5 Å². The molecule has 176 valence electrons. The lowest BCUT2D eigenvalue weighted by atomic mass is 10.1. The van der Waals surface area contributed by atoms with Gasteiger partial charge in [0.1, 0.15) is 17.1 Å². The molecule has 0 fully saturated rings. The summed E-state index contributed by atoms with van der Waals surface area (Å²) in [7, 11) is 5.10. The van der Waals surface area contributed by atoms with Gasteiger partial charge in [-0.2, -0.15) is 9.61 Å². The second-order valence-electron chi connectivity index (χ2n) is 8.02. The van der Waals surface area contributed by atoms with Crippen molar-refractivity contribution in [3.8, 4) is 22.8 Å². The third-order valence-corrected chi connectivity index (χ3v) is 6.08. The summed E-state index contributed by atoms with van der Waals surface area (Å²) in [6.45, 7) is 2.25. The van der Waals surface area contributed by atoms with Crippen molar-refractivity contribution in [2.24, 2.45) is 7.05 Å². The Labute approximate surface area is 197 Å². The molecule has 1 amide bonds. The van der Waals surface area contributed by atoms with Crippen LogP contribution in [0.4, 0.5) is 0 Å². The third-order valence-electron chi connectivity index (χ3n) is 6.08. The summed E-state index contributed by atoms with van der Waals surface area (Å²) in [5.41, 5.74) is 4.18. The second-order valence-corrected chi connectivity index (χ2v) is 8.02. The third kappa shape index (κ3) is 4.39. The van der Waals surface area contributed by atoms with Crippen LogP contribution in [0.15, 0.2) is 59.4 Å². The highest BCUT2D eigenvalue weighted by molar-refractivity contribution is 5.76. The summed E-state index contributed by atoms with van der Waals surface area (Å²) >= 11 is 0. The highest BCUT2D eigenvalue weighted by Crippen LogP contribution is 2.29. The number of amides is 1. The average Bonchev–Trinajstić information content (AvgIpc) is 3.32. The zero-order valence-electron chi connectivity index (χ0n) is 19.8. The summed E-state index contributed by atoms with van der Waals surface area (Å²) in [4.78, 5) is 25.8. The Balaban J connectivity index is 1.56. The minimum absolute atomic E-state index is 0.136. The monoisotopic (exact) mass is 460 g/mol. The van der Waals surface area contributed by atoms with Gasteiger partial charge in [0.15, 0.2) is 0 Å². The largest absolute Gasteiger partial charge is 0.496 e. The van der Waals surface area contributed by atoms with Gasteiger partial charge in [-0.25, -0.2) is 0 Å². The first-order valence-electron chi connectivity index (χ1n) is 11.0. The smallest absolute Gasteiger partial charge is 0.277 e. The standard InChI is InChI=1S/C26H28N4O4/c1-17-19(13-14-24(31)27-16-18-9-5-7-11-22(18)33-3)26(32)30-25(29(17)2)15-21(28-30)20-10-6-8-12-23(20)34-4/h5-12,15H,13-14,16H2,1-4H3,(H,27,31). The van der Waals surface area contributed by atoms with Gasteiger partial charge >= 0.3 is 0 Å². The van der Waals surface area contributed by atoms with Gasteiger partial charge in [-0.05, 0) is 31.5 Å². The molecule has 0 aliphatic rings. The van der Waals surface area contributed by atoms with E-state index in [0.29, 0.717) is 35.6 Å². The predicted octanol–water partition coefficient (Wildman–Crippen LogP) is 3.27. The number of fused-ring (bicyclic) bond motifs is 1. The number of benzene rings is 2. The molecule has 2 aromatic heterocycles. The Kier molecular flexibility index (Phi) is 6.67. The number of nitrogens with one attached hydrogen (secondary N) is 1. The molecule has 4 rings (SSSR count). The molecule has 0 atom stereocenters. The minimum atomic E-state index is -0.218. The average molecular weight is 461 g/mol. The molecule has 1 N–H and O–H groups in total.